The third-order valence-corrected chi connectivity index (χ3v) is 5.36. The van der Waals surface area contributed by atoms with Crippen LogP contribution in [0.5, 0.6) is 0 Å². The summed E-state index contributed by atoms with van der Waals surface area (Å²) in [6.45, 7) is 2.27. The fourth-order valence-corrected chi connectivity index (χ4v) is 3.70. The van der Waals surface area contributed by atoms with Crippen LogP contribution in [0, 0.1) is 5.92 Å². The van der Waals surface area contributed by atoms with E-state index in [0.29, 0.717) is 12.3 Å². The molecule has 0 saturated carbocycles. The molecule has 0 aliphatic heterocycles. The van der Waals surface area contributed by atoms with Gasteiger partial charge in [0.2, 0.25) is 5.91 Å². The molecule has 0 aliphatic carbocycles. The number of hydrogen-bond donors (Lipinski definition) is 1. The van der Waals surface area contributed by atoms with E-state index in [-0.39, 0.29) is 5.91 Å². The lowest BCUT2D eigenvalue weighted by Gasteiger charge is -2.14. The molecule has 0 spiro atoms. The van der Waals surface area contributed by atoms with Gasteiger partial charge >= 0.3 is 0 Å². The quantitative estimate of drug-likeness (QED) is 0.296. The topological polar surface area (TPSA) is 43.1 Å². The van der Waals surface area contributed by atoms with Crippen molar-refractivity contribution in [2.45, 2.75) is 103 Å². The number of nitrogens with two attached hydrogens (primary N) is 1. The van der Waals surface area contributed by atoms with Crippen molar-refractivity contribution >= 4 is 17.7 Å². The summed E-state index contributed by atoms with van der Waals surface area (Å²) < 4.78 is 0. The van der Waals surface area contributed by atoms with Gasteiger partial charge in [0, 0.05) is 6.42 Å². The van der Waals surface area contributed by atoms with E-state index in [1.54, 1.807) is 0 Å². The number of unbranched alkanes of at least 4 members (excludes halogenated alkanes) is 10. The summed E-state index contributed by atoms with van der Waals surface area (Å²) in [6.07, 6.45) is 21.5. The van der Waals surface area contributed by atoms with Crippen molar-refractivity contribution in [3.8, 4) is 0 Å². The summed E-state index contributed by atoms with van der Waals surface area (Å²) in [7, 11) is 0. The Kier molecular flexibility index (Phi) is 18.0. The van der Waals surface area contributed by atoms with Crippen LogP contribution < -0.4 is 5.73 Å². The number of amides is 1. The van der Waals surface area contributed by atoms with Gasteiger partial charge in [0.05, 0.1) is 0 Å². The lowest BCUT2D eigenvalue weighted by molar-refractivity contribution is -0.119. The van der Waals surface area contributed by atoms with Crippen LogP contribution in [0.2, 0.25) is 0 Å². The van der Waals surface area contributed by atoms with Crippen molar-refractivity contribution in [1.82, 2.24) is 0 Å². The summed E-state index contributed by atoms with van der Waals surface area (Å²) >= 11 is 1.89. The van der Waals surface area contributed by atoms with Gasteiger partial charge in [-0.2, -0.15) is 11.8 Å². The second-order valence-electron chi connectivity index (χ2n) is 7.00. The summed E-state index contributed by atoms with van der Waals surface area (Å²) in [5.74, 6) is 1.61. The molecule has 0 heterocycles. The van der Waals surface area contributed by atoms with Crippen molar-refractivity contribution in [3.63, 3.8) is 0 Å². The molecule has 0 aromatic carbocycles. The minimum Gasteiger partial charge on any atom is -0.370 e. The van der Waals surface area contributed by atoms with E-state index in [1.165, 1.54) is 95.6 Å². The predicted octanol–water partition coefficient (Wildman–Crippen LogP) is 6.32. The first kappa shape index (κ1) is 22.8. The molecule has 23 heavy (non-hydrogen) atoms. The van der Waals surface area contributed by atoms with E-state index in [2.05, 4.69) is 13.2 Å². The third-order valence-electron chi connectivity index (χ3n) is 4.67. The van der Waals surface area contributed by atoms with Crippen LogP contribution in [-0.4, -0.2) is 17.9 Å². The van der Waals surface area contributed by atoms with Gasteiger partial charge < -0.3 is 5.73 Å². The Labute approximate surface area is 149 Å². The highest BCUT2D eigenvalue weighted by atomic mass is 32.2. The van der Waals surface area contributed by atoms with Gasteiger partial charge in [-0.25, -0.2) is 0 Å². The zero-order chi connectivity index (χ0) is 17.2. The number of rotatable bonds is 18. The van der Waals surface area contributed by atoms with Gasteiger partial charge in [0.1, 0.15) is 0 Å². The first-order valence-corrected chi connectivity index (χ1v) is 11.4. The van der Waals surface area contributed by atoms with E-state index >= 15 is 0 Å². The maximum Gasteiger partial charge on any atom is 0.217 e. The number of carbonyl (C=O) groups excluding carboxylic acids is 1. The SMILES string of the molecule is CCCCCCCCCCCCCC(CCCSC)CC(N)=O. The number of thioether (sulfide) groups is 1. The normalized spacial score (nSPS) is 12.4. The van der Waals surface area contributed by atoms with E-state index in [9.17, 15) is 4.79 Å². The van der Waals surface area contributed by atoms with Crippen LogP contribution in [0.25, 0.3) is 0 Å². The standard InChI is InChI=1S/C20H41NOS/c1-3-4-5-6-7-8-9-10-11-12-13-15-19(18-20(21)22)16-14-17-23-2/h19H,3-18H2,1-2H3,(H2,21,22). The summed E-state index contributed by atoms with van der Waals surface area (Å²) in [5.41, 5.74) is 5.38. The zero-order valence-electron chi connectivity index (χ0n) is 15.8. The molecule has 1 unspecified atom stereocenters. The number of primary amides is 1. The second-order valence-corrected chi connectivity index (χ2v) is 7.98. The maximum absolute atomic E-state index is 11.2. The molecule has 1 amide bonds. The molecule has 138 valence electrons. The minimum absolute atomic E-state index is 0.123. The molecule has 1 atom stereocenters. The molecule has 0 fully saturated rings. The molecule has 0 bridgehead atoms. The lowest BCUT2D eigenvalue weighted by Crippen LogP contribution is -2.16. The summed E-state index contributed by atoms with van der Waals surface area (Å²) in [6, 6.07) is 0. The highest BCUT2D eigenvalue weighted by Gasteiger charge is 2.11. The molecule has 0 rings (SSSR count). The monoisotopic (exact) mass is 343 g/mol. The first-order chi connectivity index (χ1) is 11.2. The molecule has 0 aliphatic rings. The van der Waals surface area contributed by atoms with Crippen molar-refractivity contribution in [2.75, 3.05) is 12.0 Å². The third kappa shape index (κ3) is 18.0. The fourth-order valence-electron chi connectivity index (χ4n) is 3.25. The van der Waals surface area contributed by atoms with Gasteiger partial charge in [-0.15, -0.1) is 0 Å². The maximum atomic E-state index is 11.2. The van der Waals surface area contributed by atoms with Crippen molar-refractivity contribution in [2.24, 2.45) is 11.7 Å². The largest absolute Gasteiger partial charge is 0.370 e. The molecule has 0 aromatic rings. The van der Waals surface area contributed by atoms with Crippen LogP contribution in [0.3, 0.4) is 0 Å². The Morgan fingerprint density at radius 1 is 0.826 bits per heavy atom. The van der Waals surface area contributed by atoms with Crippen LogP contribution in [0.1, 0.15) is 103 Å². The van der Waals surface area contributed by atoms with Crippen LogP contribution >= 0.6 is 11.8 Å². The Bertz CT molecular complexity index is 258. The molecule has 0 saturated heterocycles. The summed E-state index contributed by atoms with van der Waals surface area (Å²) in [5, 5.41) is 0. The van der Waals surface area contributed by atoms with Gasteiger partial charge in [0.15, 0.2) is 0 Å². The molecular formula is C20H41NOS. The van der Waals surface area contributed by atoms with Crippen molar-refractivity contribution < 1.29 is 4.79 Å². The smallest absolute Gasteiger partial charge is 0.217 e. The Hall–Kier alpha value is -0.180. The number of hydrogen-bond acceptors (Lipinski definition) is 2. The predicted molar refractivity (Wildman–Crippen MR) is 106 cm³/mol. The highest BCUT2D eigenvalue weighted by molar-refractivity contribution is 7.98. The molecule has 2 N–H and O–H groups in total. The Balaban J connectivity index is 3.45. The van der Waals surface area contributed by atoms with Gasteiger partial charge in [-0.1, -0.05) is 77.6 Å². The highest BCUT2D eigenvalue weighted by Crippen LogP contribution is 2.21. The molecule has 3 heteroatoms. The molecule has 0 aromatic heterocycles. The van der Waals surface area contributed by atoms with Crippen molar-refractivity contribution in [3.05, 3.63) is 0 Å². The minimum atomic E-state index is -0.123. The van der Waals surface area contributed by atoms with E-state index in [4.69, 9.17) is 5.73 Å². The van der Waals surface area contributed by atoms with Gasteiger partial charge in [-0.3, -0.25) is 4.79 Å². The van der Waals surface area contributed by atoms with E-state index in [1.807, 2.05) is 11.8 Å². The first-order valence-electron chi connectivity index (χ1n) is 9.98. The second kappa shape index (κ2) is 18.2. The van der Waals surface area contributed by atoms with Crippen LogP contribution in [0.15, 0.2) is 0 Å². The number of carbonyl (C=O) groups is 1. The summed E-state index contributed by atoms with van der Waals surface area (Å²) in [4.78, 5) is 11.2. The molecule has 0 radical (unpaired) electrons. The fraction of sp³-hybridized carbons (Fsp3) is 0.950. The van der Waals surface area contributed by atoms with Crippen molar-refractivity contribution in [1.29, 1.82) is 0 Å². The van der Waals surface area contributed by atoms with E-state index < -0.39 is 0 Å². The molecule has 2 nitrogen and oxygen atoms in total. The Morgan fingerprint density at radius 3 is 1.78 bits per heavy atom. The van der Waals surface area contributed by atoms with E-state index in [0.717, 1.165) is 0 Å². The Morgan fingerprint density at radius 2 is 1.30 bits per heavy atom. The zero-order valence-corrected chi connectivity index (χ0v) is 16.6. The van der Waals surface area contributed by atoms with Gasteiger partial charge in [-0.05, 0) is 37.2 Å². The van der Waals surface area contributed by atoms with Crippen LogP contribution in [0.4, 0.5) is 0 Å². The van der Waals surface area contributed by atoms with Gasteiger partial charge in [0.25, 0.3) is 0 Å². The average Bonchev–Trinajstić information content (AvgIpc) is 2.52. The lowest BCUT2D eigenvalue weighted by atomic mass is 9.92. The average molecular weight is 344 g/mol. The molecular weight excluding hydrogens is 302 g/mol. The van der Waals surface area contributed by atoms with Crippen LogP contribution in [-0.2, 0) is 4.79 Å².